The molecule has 0 aliphatic carbocycles. The fraction of sp³-hybridized carbons (Fsp3) is 0.455. The molecule has 2 aromatic rings. The third-order valence-electron chi connectivity index (χ3n) is 2.65. The average Bonchev–Trinajstić information content (AvgIpc) is 2.90. The number of nitrogens with zero attached hydrogens (tertiary/aromatic N) is 4. The summed E-state index contributed by atoms with van der Waals surface area (Å²) in [5.74, 6) is 0. The Morgan fingerprint density at radius 3 is 2.56 bits per heavy atom. The summed E-state index contributed by atoms with van der Waals surface area (Å²) in [5.41, 5.74) is 10.9. The number of aryl methyl sites for hydroxylation is 1. The van der Waals surface area contributed by atoms with Gasteiger partial charge in [-0.3, -0.25) is 0 Å². The van der Waals surface area contributed by atoms with E-state index in [9.17, 15) is 0 Å². The SMILES string of the molecule is CCc1nnc(Sc2nncs2)c(CN)c1CC. The average molecular weight is 281 g/mol. The molecule has 0 aromatic carbocycles. The van der Waals surface area contributed by atoms with Crippen LogP contribution >= 0.6 is 23.1 Å². The molecule has 2 N–H and O–H groups in total. The Kier molecular flexibility index (Phi) is 4.62. The van der Waals surface area contributed by atoms with Gasteiger partial charge in [0.1, 0.15) is 10.5 Å². The molecule has 0 saturated carbocycles. The van der Waals surface area contributed by atoms with E-state index in [1.165, 1.54) is 28.7 Å². The fourth-order valence-corrected chi connectivity index (χ4v) is 3.32. The maximum Gasteiger partial charge on any atom is 0.180 e. The van der Waals surface area contributed by atoms with Crippen molar-refractivity contribution in [3.8, 4) is 0 Å². The Bertz CT molecular complexity index is 512. The summed E-state index contributed by atoms with van der Waals surface area (Å²) in [6.07, 6.45) is 1.81. The highest BCUT2D eigenvalue weighted by molar-refractivity contribution is 8.01. The van der Waals surface area contributed by atoms with Gasteiger partial charge >= 0.3 is 0 Å². The summed E-state index contributed by atoms with van der Waals surface area (Å²) in [6.45, 7) is 4.68. The Morgan fingerprint density at radius 2 is 2.00 bits per heavy atom. The van der Waals surface area contributed by atoms with Crippen LogP contribution in [0.3, 0.4) is 0 Å². The van der Waals surface area contributed by atoms with Gasteiger partial charge < -0.3 is 5.73 Å². The van der Waals surface area contributed by atoms with Gasteiger partial charge in [0.05, 0.1) is 5.69 Å². The van der Waals surface area contributed by atoms with Gasteiger partial charge in [0.2, 0.25) is 0 Å². The first-order chi connectivity index (χ1) is 8.80. The number of aromatic nitrogens is 4. The molecule has 2 rings (SSSR count). The molecule has 18 heavy (non-hydrogen) atoms. The van der Waals surface area contributed by atoms with Crippen LogP contribution in [-0.4, -0.2) is 20.4 Å². The molecule has 0 aliphatic heterocycles. The van der Waals surface area contributed by atoms with Crippen LogP contribution in [0.4, 0.5) is 0 Å². The minimum atomic E-state index is 0.479. The Balaban J connectivity index is 2.41. The third kappa shape index (κ3) is 2.68. The van der Waals surface area contributed by atoms with Crippen LogP contribution in [0, 0.1) is 0 Å². The van der Waals surface area contributed by atoms with Crippen LogP contribution in [0.5, 0.6) is 0 Å². The van der Waals surface area contributed by atoms with Crippen LogP contribution < -0.4 is 5.73 Å². The zero-order valence-electron chi connectivity index (χ0n) is 10.4. The van der Waals surface area contributed by atoms with Crippen LogP contribution in [0.2, 0.25) is 0 Å². The van der Waals surface area contributed by atoms with Gasteiger partial charge in [-0.15, -0.1) is 15.3 Å². The molecule has 0 amide bonds. The van der Waals surface area contributed by atoms with Gasteiger partial charge in [-0.25, -0.2) is 0 Å². The van der Waals surface area contributed by atoms with Gasteiger partial charge in [0.15, 0.2) is 4.34 Å². The number of rotatable bonds is 5. The first-order valence-corrected chi connectivity index (χ1v) is 7.51. The van der Waals surface area contributed by atoms with Crippen LogP contribution in [-0.2, 0) is 19.4 Å². The highest BCUT2D eigenvalue weighted by atomic mass is 32.2. The quantitative estimate of drug-likeness (QED) is 0.904. The molecule has 0 saturated heterocycles. The van der Waals surface area contributed by atoms with E-state index < -0.39 is 0 Å². The van der Waals surface area contributed by atoms with Crippen molar-refractivity contribution in [1.82, 2.24) is 20.4 Å². The molecule has 0 radical (unpaired) electrons. The number of nitrogens with two attached hydrogens (primary N) is 1. The summed E-state index contributed by atoms with van der Waals surface area (Å²) in [6, 6.07) is 0. The van der Waals surface area contributed by atoms with Crippen molar-refractivity contribution < 1.29 is 0 Å². The van der Waals surface area contributed by atoms with Gasteiger partial charge in [-0.1, -0.05) is 25.2 Å². The second kappa shape index (κ2) is 6.21. The zero-order valence-corrected chi connectivity index (χ0v) is 12.0. The molecule has 5 nitrogen and oxygen atoms in total. The van der Waals surface area contributed by atoms with E-state index in [-0.39, 0.29) is 0 Å². The third-order valence-corrected chi connectivity index (χ3v) is 4.45. The lowest BCUT2D eigenvalue weighted by molar-refractivity contribution is 0.781. The topological polar surface area (TPSA) is 77.6 Å². The predicted molar refractivity (Wildman–Crippen MR) is 72.7 cm³/mol. The van der Waals surface area contributed by atoms with Gasteiger partial charge in [0.25, 0.3) is 0 Å². The molecule has 0 unspecified atom stereocenters. The Hall–Kier alpha value is -1.05. The lowest BCUT2D eigenvalue weighted by Gasteiger charge is -2.12. The molecular weight excluding hydrogens is 266 g/mol. The second-order valence-corrected chi connectivity index (χ2v) is 5.70. The van der Waals surface area contributed by atoms with Gasteiger partial charge in [-0.05, 0) is 30.2 Å². The maximum absolute atomic E-state index is 5.87. The van der Waals surface area contributed by atoms with Crippen LogP contribution in [0.15, 0.2) is 14.9 Å². The van der Waals surface area contributed by atoms with E-state index >= 15 is 0 Å². The van der Waals surface area contributed by atoms with E-state index in [0.29, 0.717) is 6.54 Å². The largest absolute Gasteiger partial charge is 0.326 e. The number of hydrogen-bond donors (Lipinski definition) is 1. The normalized spacial score (nSPS) is 10.8. The van der Waals surface area contributed by atoms with Crippen molar-refractivity contribution >= 4 is 23.1 Å². The van der Waals surface area contributed by atoms with E-state index in [4.69, 9.17) is 5.73 Å². The minimum absolute atomic E-state index is 0.479. The Labute approximate surface area is 114 Å². The first-order valence-electron chi connectivity index (χ1n) is 5.81. The Morgan fingerprint density at radius 1 is 1.17 bits per heavy atom. The smallest absolute Gasteiger partial charge is 0.180 e. The summed E-state index contributed by atoms with van der Waals surface area (Å²) in [4.78, 5) is 0. The van der Waals surface area contributed by atoms with Crippen molar-refractivity contribution in [3.63, 3.8) is 0 Å². The van der Waals surface area contributed by atoms with Gasteiger partial charge in [0, 0.05) is 12.1 Å². The minimum Gasteiger partial charge on any atom is -0.326 e. The molecule has 2 aromatic heterocycles. The summed E-state index contributed by atoms with van der Waals surface area (Å²) in [7, 11) is 0. The highest BCUT2D eigenvalue weighted by Gasteiger charge is 2.15. The first kappa shape index (κ1) is 13.4. The lowest BCUT2D eigenvalue weighted by atomic mass is 10.0. The molecule has 0 atom stereocenters. The molecule has 0 fully saturated rings. The lowest BCUT2D eigenvalue weighted by Crippen LogP contribution is -2.10. The van der Waals surface area contributed by atoms with Crippen LogP contribution in [0.1, 0.15) is 30.7 Å². The summed E-state index contributed by atoms with van der Waals surface area (Å²) in [5, 5.41) is 17.2. The van der Waals surface area contributed by atoms with Gasteiger partial charge in [-0.2, -0.15) is 5.10 Å². The number of hydrogen-bond acceptors (Lipinski definition) is 7. The summed E-state index contributed by atoms with van der Waals surface area (Å²) < 4.78 is 0.866. The standard InChI is InChI=1S/C11H15N5S2/c1-3-7-8(5-12)10(15-14-9(7)4-2)18-11-16-13-6-17-11/h6H,3-5,12H2,1-2H3. The van der Waals surface area contributed by atoms with Crippen molar-refractivity contribution in [2.75, 3.05) is 0 Å². The van der Waals surface area contributed by atoms with Crippen LogP contribution in [0.25, 0.3) is 0 Å². The zero-order chi connectivity index (χ0) is 13.0. The van der Waals surface area contributed by atoms with Crippen molar-refractivity contribution in [2.45, 2.75) is 42.6 Å². The van der Waals surface area contributed by atoms with Crippen molar-refractivity contribution in [1.29, 1.82) is 0 Å². The molecule has 7 heteroatoms. The maximum atomic E-state index is 5.87. The van der Waals surface area contributed by atoms with E-state index in [1.807, 2.05) is 0 Å². The molecule has 0 spiro atoms. The van der Waals surface area contributed by atoms with E-state index in [1.54, 1.807) is 5.51 Å². The summed E-state index contributed by atoms with van der Waals surface area (Å²) >= 11 is 2.98. The van der Waals surface area contributed by atoms with E-state index in [0.717, 1.165) is 33.5 Å². The van der Waals surface area contributed by atoms with E-state index in [2.05, 4.69) is 34.2 Å². The molecule has 96 valence electrons. The molecule has 0 aliphatic rings. The fourth-order valence-electron chi connectivity index (χ4n) is 1.81. The van der Waals surface area contributed by atoms with Crippen molar-refractivity contribution in [2.24, 2.45) is 5.73 Å². The highest BCUT2D eigenvalue weighted by Crippen LogP contribution is 2.31. The monoisotopic (exact) mass is 281 g/mol. The second-order valence-electron chi connectivity index (χ2n) is 3.63. The van der Waals surface area contributed by atoms with Crippen molar-refractivity contribution in [3.05, 3.63) is 22.3 Å². The predicted octanol–water partition coefficient (Wildman–Crippen LogP) is 2.06. The molecular formula is C11H15N5S2. The molecule has 2 heterocycles. The molecule has 0 bridgehead atoms.